The molecule has 0 amide bonds. The highest BCUT2D eigenvalue weighted by atomic mass is 16.5. The summed E-state index contributed by atoms with van der Waals surface area (Å²) in [5.41, 5.74) is 7.18. The highest BCUT2D eigenvalue weighted by Gasteiger charge is 2.17. The van der Waals surface area contributed by atoms with Crippen molar-refractivity contribution in [1.29, 1.82) is 0 Å². The zero-order valence-electron chi connectivity index (χ0n) is 10.3. The second-order valence-corrected chi connectivity index (χ2v) is 4.84. The van der Waals surface area contributed by atoms with Gasteiger partial charge in [-0.15, -0.1) is 0 Å². The van der Waals surface area contributed by atoms with Gasteiger partial charge in [0.05, 0.1) is 0 Å². The third kappa shape index (κ3) is 3.10. The first-order valence-corrected chi connectivity index (χ1v) is 5.49. The SMILES string of the molecule is Cc1cccc(-c2noc(CC(C)(C)N)n2)n1. The van der Waals surface area contributed by atoms with E-state index >= 15 is 0 Å². The van der Waals surface area contributed by atoms with Gasteiger partial charge in [-0.2, -0.15) is 4.98 Å². The number of hydrogen-bond donors (Lipinski definition) is 1. The van der Waals surface area contributed by atoms with Crippen LogP contribution in [0.3, 0.4) is 0 Å². The van der Waals surface area contributed by atoms with Crippen LogP contribution in [0.1, 0.15) is 25.4 Å². The first-order chi connectivity index (χ1) is 7.94. The van der Waals surface area contributed by atoms with Gasteiger partial charge >= 0.3 is 0 Å². The van der Waals surface area contributed by atoms with E-state index < -0.39 is 0 Å². The molecule has 0 saturated carbocycles. The minimum absolute atomic E-state index is 0.357. The molecule has 0 fully saturated rings. The predicted octanol–water partition coefficient (Wildman–Crippen LogP) is 1.72. The number of nitrogens with two attached hydrogens (primary N) is 1. The normalized spacial score (nSPS) is 11.8. The maximum atomic E-state index is 5.90. The number of aromatic nitrogens is 3. The summed E-state index contributed by atoms with van der Waals surface area (Å²) in [4.78, 5) is 8.62. The molecule has 0 bridgehead atoms. The average Bonchev–Trinajstić information content (AvgIpc) is 2.63. The van der Waals surface area contributed by atoms with Gasteiger partial charge < -0.3 is 10.3 Å². The summed E-state index contributed by atoms with van der Waals surface area (Å²) in [5, 5.41) is 3.91. The van der Waals surface area contributed by atoms with E-state index in [4.69, 9.17) is 10.3 Å². The van der Waals surface area contributed by atoms with E-state index in [-0.39, 0.29) is 5.54 Å². The maximum Gasteiger partial charge on any atom is 0.228 e. The molecule has 0 spiro atoms. The molecule has 0 aromatic carbocycles. The number of pyridine rings is 1. The number of aryl methyl sites for hydroxylation is 1. The molecule has 0 saturated heterocycles. The Bertz CT molecular complexity index is 513. The van der Waals surface area contributed by atoms with Crippen LogP contribution in [0.25, 0.3) is 11.5 Å². The molecule has 2 heterocycles. The zero-order chi connectivity index (χ0) is 12.5. The van der Waals surface area contributed by atoms with Crippen molar-refractivity contribution >= 4 is 0 Å². The smallest absolute Gasteiger partial charge is 0.228 e. The molecule has 2 aromatic heterocycles. The Morgan fingerprint density at radius 2 is 2.06 bits per heavy atom. The maximum absolute atomic E-state index is 5.90. The van der Waals surface area contributed by atoms with Crippen LogP contribution in [0.15, 0.2) is 22.7 Å². The minimum Gasteiger partial charge on any atom is -0.339 e. The van der Waals surface area contributed by atoms with Crippen molar-refractivity contribution in [3.8, 4) is 11.5 Å². The number of hydrogen-bond acceptors (Lipinski definition) is 5. The minimum atomic E-state index is -0.357. The number of rotatable bonds is 3. The van der Waals surface area contributed by atoms with E-state index in [1.165, 1.54) is 0 Å². The van der Waals surface area contributed by atoms with Crippen LogP contribution in [0, 0.1) is 6.92 Å². The first kappa shape index (κ1) is 11.7. The summed E-state index contributed by atoms with van der Waals surface area (Å²) >= 11 is 0. The van der Waals surface area contributed by atoms with Gasteiger partial charge in [-0.1, -0.05) is 11.2 Å². The van der Waals surface area contributed by atoms with Gasteiger partial charge in [0.1, 0.15) is 5.69 Å². The van der Waals surface area contributed by atoms with Gasteiger partial charge in [0.2, 0.25) is 11.7 Å². The van der Waals surface area contributed by atoms with E-state index in [0.29, 0.717) is 18.1 Å². The average molecular weight is 232 g/mol. The summed E-state index contributed by atoms with van der Waals surface area (Å²) in [6, 6.07) is 5.70. The summed E-state index contributed by atoms with van der Waals surface area (Å²) in [6.45, 7) is 5.76. The van der Waals surface area contributed by atoms with Crippen molar-refractivity contribution in [2.45, 2.75) is 32.7 Å². The van der Waals surface area contributed by atoms with Gasteiger partial charge in [0, 0.05) is 17.7 Å². The standard InChI is InChI=1S/C12H16N4O/c1-8-5-4-6-9(14-8)11-15-10(17-16-11)7-12(2,3)13/h4-6H,7,13H2,1-3H3. The summed E-state index contributed by atoms with van der Waals surface area (Å²) in [7, 11) is 0. The molecular weight excluding hydrogens is 216 g/mol. The molecule has 0 radical (unpaired) electrons. The Hall–Kier alpha value is -1.75. The van der Waals surface area contributed by atoms with E-state index in [9.17, 15) is 0 Å². The van der Waals surface area contributed by atoms with E-state index in [0.717, 1.165) is 11.4 Å². The molecule has 0 aliphatic carbocycles. The van der Waals surface area contributed by atoms with Gasteiger partial charge in [-0.25, -0.2) is 4.98 Å². The van der Waals surface area contributed by atoms with Gasteiger partial charge in [-0.05, 0) is 32.9 Å². The zero-order valence-corrected chi connectivity index (χ0v) is 10.3. The Morgan fingerprint density at radius 3 is 2.71 bits per heavy atom. The monoisotopic (exact) mass is 232 g/mol. The highest BCUT2D eigenvalue weighted by molar-refractivity contribution is 5.47. The topological polar surface area (TPSA) is 77.8 Å². The van der Waals surface area contributed by atoms with Crippen LogP contribution in [0.4, 0.5) is 0 Å². The molecule has 2 rings (SSSR count). The van der Waals surface area contributed by atoms with Crippen molar-refractivity contribution in [3.63, 3.8) is 0 Å². The van der Waals surface area contributed by atoms with E-state index in [1.807, 2.05) is 39.0 Å². The fourth-order valence-corrected chi connectivity index (χ4v) is 1.49. The molecule has 2 N–H and O–H groups in total. The van der Waals surface area contributed by atoms with Gasteiger partial charge in [0.25, 0.3) is 0 Å². The van der Waals surface area contributed by atoms with Crippen molar-refractivity contribution in [2.24, 2.45) is 5.73 Å². The lowest BCUT2D eigenvalue weighted by Crippen LogP contribution is -2.34. The molecule has 5 heteroatoms. The quantitative estimate of drug-likeness (QED) is 0.871. The van der Waals surface area contributed by atoms with Crippen molar-refractivity contribution in [2.75, 3.05) is 0 Å². The molecule has 0 atom stereocenters. The lowest BCUT2D eigenvalue weighted by atomic mass is 10.0. The fourth-order valence-electron chi connectivity index (χ4n) is 1.49. The largest absolute Gasteiger partial charge is 0.339 e. The Morgan fingerprint density at radius 1 is 1.29 bits per heavy atom. The summed E-state index contributed by atoms with van der Waals surface area (Å²) in [5.74, 6) is 1.05. The van der Waals surface area contributed by atoms with Gasteiger partial charge in [0.15, 0.2) is 0 Å². The second kappa shape index (κ2) is 4.25. The molecule has 90 valence electrons. The van der Waals surface area contributed by atoms with E-state index in [2.05, 4.69) is 15.1 Å². The lowest BCUT2D eigenvalue weighted by Gasteiger charge is -2.14. The van der Waals surface area contributed by atoms with Crippen LogP contribution in [-0.4, -0.2) is 20.7 Å². The molecule has 2 aromatic rings. The number of nitrogens with zero attached hydrogens (tertiary/aromatic N) is 3. The van der Waals surface area contributed by atoms with Gasteiger partial charge in [-0.3, -0.25) is 0 Å². The van der Waals surface area contributed by atoms with Crippen molar-refractivity contribution in [1.82, 2.24) is 15.1 Å². The molecule has 17 heavy (non-hydrogen) atoms. The first-order valence-electron chi connectivity index (χ1n) is 5.49. The summed E-state index contributed by atoms with van der Waals surface area (Å²) in [6.07, 6.45) is 0.547. The van der Waals surface area contributed by atoms with Crippen LogP contribution in [0.5, 0.6) is 0 Å². The third-order valence-corrected chi connectivity index (χ3v) is 2.19. The Balaban J connectivity index is 2.24. The van der Waals surface area contributed by atoms with Crippen molar-refractivity contribution in [3.05, 3.63) is 29.8 Å². The van der Waals surface area contributed by atoms with Crippen LogP contribution in [-0.2, 0) is 6.42 Å². The molecular formula is C12H16N4O. The van der Waals surface area contributed by atoms with Crippen LogP contribution >= 0.6 is 0 Å². The van der Waals surface area contributed by atoms with E-state index in [1.54, 1.807) is 0 Å². The molecule has 0 aliphatic heterocycles. The summed E-state index contributed by atoms with van der Waals surface area (Å²) < 4.78 is 5.15. The van der Waals surface area contributed by atoms with Crippen molar-refractivity contribution < 1.29 is 4.52 Å². The second-order valence-electron chi connectivity index (χ2n) is 4.84. The Labute approximate surface area is 100 Å². The van der Waals surface area contributed by atoms with Crippen LogP contribution in [0.2, 0.25) is 0 Å². The predicted molar refractivity (Wildman–Crippen MR) is 64.2 cm³/mol. The fraction of sp³-hybridized carbons (Fsp3) is 0.417. The molecule has 5 nitrogen and oxygen atoms in total. The van der Waals surface area contributed by atoms with Crippen LogP contribution < -0.4 is 5.73 Å². The molecule has 0 unspecified atom stereocenters. The lowest BCUT2D eigenvalue weighted by molar-refractivity contribution is 0.348. The molecule has 0 aliphatic rings. The third-order valence-electron chi connectivity index (χ3n) is 2.19. The Kier molecular flexibility index (Phi) is 2.93. The highest BCUT2D eigenvalue weighted by Crippen LogP contribution is 2.15.